The Kier molecular flexibility index (Phi) is 5.56. The number of benzene rings is 2. The number of carbonyl (C=O) groups excluding carboxylic acids is 2. The van der Waals surface area contributed by atoms with E-state index in [4.69, 9.17) is 4.74 Å². The highest BCUT2D eigenvalue weighted by atomic mass is 16.5. The standard InChI is InChI=1S/C26H28N2O5/c29-23(28-26(12-13-26)24(30)31)16-6-5-7-17(14-16)27-25(32)33-15-22-20-10-3-1-8-18(20)19-9-2-4-11-21(19)22/h1-4,8-11,16-17,22H,5-7,12-15H2,(H,27,32)(H,28,29)(H,30,31)/t16-,17+/m0/s1. The van der Waals surface area contributed by atoms with E-state index in [0.29, 0.717) is 25.7 Å². The molecule has 2 aromatic rings. The van der Waals surface area contributed by atoms with E-state index < -0.39 is 17.6 Å². The molecule has 33 heavy (non-hydrogen) atoms. The maximum Gasteiger partial charge on any atom is 0.407 e. The van der Waals surface area contributed by atoms with Gasteiger partial charge in [0.1, 0.15) is 12.1 Å². The summed E-state index contributed by atoms with van der Waals surface area (Å²) in [6, 6.07) is 16.2. The van der Waals surface area contributed by atoms with Crippen LogP contribution in [-0.2, 0) is 14.3 Å². The third-order valence-corrected chi connectivity index (χ3v) is 7.23. The lowest BCUT2D eigenvalue weighted by Crippen LogP contribution is -2.48. The van der Waals surface area contributed by atoms with Crippen molar-refractivity contribution in [1.82, 2.24) is 10.6 Å². The van der Waals surface area contributed by atoms with E-state index in [9.17, 15) is 19.5 Å². The fraction of sp³-hybridized carbons (Fsp3) is 0.423. The largest absolute Gasteiger partial charge is 0.480 e. The van der Waals surface area contributed by atoms with Crippen molar-refractivity contribution in [2.75, 3.05) is 6.61 Å². The number of hydrogen-bond acceptors (Lipinski definition) is 4. The second kappa shape index (κ2) is 8.54. The third-order valence-electron chi connectivity index (χ3n) is 7.23. The highest BCUT2D eigenvalue weighted by Gasteiger charge is 2.52. The summed E-state index contributed by atoms with van der Waals surface area (Å²) in [4.78, 5) is 36.5. The highest BCUT2D eigenvalue weighted by molar-refractivity contribution is 5.90. The lowest BCUT2D eigenvalue weighted by molar-refractivity contribution is -0.144. The topological polar surface area (TPSA) is 105 Å². The summed E-state index contributed by atoms with van der Waals surface area (Å²) < 4.78 is 5.63. The number of hydrogen-bond donors (Lipinski definition) is 3. The maximum atomic E-state index is 12.6. The van der Waals surface area contributed by atoms with Crippen molar-refractivity contribution in [3.63, 3.8) is 0 Å². The molecule has 0 saturated heterocycles. The number of alkyl carbamates (subject to hydrolysis) is 1. The molecule has 3 aliphatic rings. The first kappa shape index (κ1) is 21.5. The normalized spacial score (nSPS) is 22.5. The molecule has 2 fully saturated rings. The van der Waals surface area contributed by atoms with E-state index >= 15 is 0 Å². The molecule has 2 amide bonds. The van der Waals surface area contributed by atoms with Crippen molar-refractivity contribution in [2.45, 2.75) is 56.0 Å². The van der Waals surface area contributed by atoms with Gasteiger partial charge in [-0.1, -0.05) is 55.0 Å². The number of carboxylic acid groups (broad SMARTS) is 1. The summed E-state index contributed by atoms with van der Waals surface area (Å²) in [5.41, 5.74) is 3.60. The molecule has 0 radical (unpaired) electrons. The summed E-state index contributed by atoms with van der Waals surface area (Å²) in [5, 5.41) is 14.9. The summed E-state index contributed by atoms with van der Waals surface area (Å²) in [6.07, 6.45) is 3.23. The SMILES string of the molecule is O=C(N[C@@H]1CCC[C@H](C(=O)NC2(C(=O)O)CC2)C1)OCC1c2ccccc2-c2ccccc21. The molecule has 5 rings (SSSR count). The molecule has 172 valence electrons. The predicted octanol–water partition coefficient (Wildman–Crippen LogP) is 3.82. The van der Waals surface area contributed by atoms with Gasteiger partial charge in [-0.15, -0.1) is 0 Å². The summed E-state index contributed by atoms with van der Waals surface area (Å²) >= 11 is 0. The average Bonchev–Trinajstić information content (AvgIpc) is 3.54. The quantitative estimate of drug-likeness (QED) is 0.623. The number of carboxylic acids is 1. The smallest absolute Gasteiger partial charge is 0.407 e. The van der Waals surface area contributed by atoms with Crippen LogP contribution in [0.1, 0.15) is 55.6 Å². The Bertz CT molecular complexity index is 1050. The predicted molar refractivity (Wildman–Crippen MR) is 122 cm³/mol. The van der Waals surface area contributed by atoms with Gasteiger partial charge in [-0.2, -0.15) is 0 Å². The molecule has 0 aromatic heterocycles. The van der Waals surface area contributed by atoms with E-state index in [1.165, 1.54) is 11.1 Å². The zero-order chi connectivity index (χ0) is 23.0. The van der Waals surface area contributed by atoms with Gasteiger partial charge in [0, 0.05) is 17.9 Å². The molecule has 0 bridgehead atoms. The molecule has 0 unspecified atom stereocenters. The summed E-state index contributed by atoms with van der Waals surface area (Å²) in [7, 11) is 0. The van der Waals surface area contributed by atoms with Gasteiger partial charge < -0.3 is 20.5 Å². The minimum atomic E-state index is -1.08. The minimum Gasteiger partial charge on any atom is -0.480 e. The van der Waals surface area contributed by atoms with E-state index in [1.807, 2.05) is 24.3 Å². The molecule has 7 nitrogen and oxygen atoms in total. The molecule has 3 aliphatic carbocycles. The maximum absolute atomic E-state index is 12.6. The van der Waals surface area contributed by atoms with Crippen LogP contribution in [0.15, 0.2) is 48.5 Å². The monoisotopic (exact) mass is 448 g/mol. The molecular weight excluding hydrogens is 420 g/mol. The van der Waals surface area contributed by atoms with Crippen LogP contribution < -0.4 is 10.6 Å². The average molecular weight is 449 g/mol. The van der Waals surface area contributed by atoms with Crippen molar-refractivity contribution in [2.24, 2.45) is 5.92 Å². The van der Waals surface area contributed by atoms with Crippen molar-refractivity contribution in [1.29, 1.82) is 0 Å². The van der Waals surface area contributed by atoms with Gasteiger partial charge >= 0.3 is 12.1 Å². The molecule has 0 aliphatic heterocycles. The molecule has 0 heterocycles. The number of ether oxygens (including phenoxy) is 1. The lowest BCUT2D eigenvalue weighted by atomic mass is 9.85. The number of rotatable bonds is 6. The van der Waals surface area contributed by atoms with Crippen molar-refractivity contribution in [3.05, 3.63) is 59.7 Å². The zero-order valence-electron chi connectivity index (χ0n) is 18.4. The third kappa shape index (κ3) is 4.19. The first-order valence-corrected chi connectivity index (χ1v) is 11.6. The van der Waals surface area contributed by atoms with E-state index in [-0.39, 0.29) is 30.4 Å². The van der Waals surface area contributed by atoms with Crippen LogP contribution in [-0.4, -0.2) is 41.3 Å². The van der Waals surface area contributed by atoms with E-state index in [0.717, 1.165) is 24.0 Å². The Morgan fingerprint density at radius 1 is 0.970 bits per heavy atom. The zero-order valence-corrected chi connectivity index (χ0v) is 18.4. The first-order chi connectivity index (χ1) is 16.0. The molecule has 3 N–H and O–H groups in total. The van der Waals surface area contributed by atoms with Gasteiger partial charge in [-0.05, 0) is 54.4 Å². The fourth-order valence-corrected chi connectivity index (χ4v) is 5.22. The van der Waals surface area contributed by atoms with Crippen LogP contribution in [0.5, 0.6) is 0 Å². The van der Waals surface area contributed by atoms with Gasteiger partial charge in [-0.25, -0.2) is 9.59 Å². The van der Waals surface area contributed by atoms with Gasteiger partial charge in [-0.3, -0.25) is 4.79 Å². The van der Waals surface area contributed by atoms with E-state index in [1.54, 1.807) is 0 Å². The number of fused-ring (bicyclic) bond motifs is 3. The number of aliphatic carboxylic acids is 1. The van der Waals surface area contributed by atoms with E-state index in [2.05, 4.69) is 34.9 Å². The van der Waals surface area contributed by atoms with Crippen LogP contribution in [0.4, 0.5) is 4.79 Å². The number of amides is 2. The number of carbonyl (C=O) groups is 3. The second-order valence-corrected chi connectivity index (χ2v) is 9.41. The van der Waals surface area contributed by atoms with Crippen molar-refractivity contribution < 1.29 is 24.2 Å². The molecule has 7 heteroatoms. The Morgan fingerprint density at radius 3 is 2.21 bits per heavy atom. The van der Waals surface area contributed by atoms with Gasteiger partial charge in [0.25, 0.3) is 0 Å². The first-order valence-electron chi connectivity index (χ1n) is 11.6. The van der Waals surface area contributed by atoms with Crippen molar-refractivity contribution in [3.8, 4) is 11.1 Å². The van der Waals surface area contributed by atoms with Gasteiger partial charge in [0.15, 0.2) is 0 Å². The molecule has 2 aromatic carbocycles. The van der Waals surface area contributed by atoms with Crippen LogP contribution in [0.3, 0.4) is 0 Å². The van der Waals surface area contributed by atoms with Crippen molar-refractivity contribution >= 4 is 18.0 Å². The Labute approximate surface area is 192 Å². The molecule has 2 atom stereocenters. The Morgan fingerprint density at radius 2 is 1.61 bits per heavy atom. The Hall–Kier alpha value is -3.35. The lowest BCUT2D eigenvalue weighted by Gasteiger charge is -2.29. The molecule has 0 spiro atoms. The van der Waals surface area contributed by atoms with Crippen LogP contribution in [0.25, 0.3) is 11.1 Å². The molecule has 2 saturated carbocycles. The van der Waals surface area contributed by atoms with Gasteiger partial charge in [0.05, 0.1) is 0 Å². The minimum absolute atomic E-state index is 0.00113. The van der Waals surface area contributed by atoms with Gasteiger partial charge in [0.2, 0.25) is 5.91 Å². The summed E-state index contributed by atoms with van der Waals surface area (Å²) in [6.45, 7) is 0.248. The highest BCUT2D eigenvalue weighted by Crippen LogP contribution is 2.44. The summed E-state index contributed by atoms with van der Waals surface area (Å²) in [5.74, 6) is -1.50. The van der Waals surface area contributed by atoms with Crippen LogP contribution >= 0.6 is 0 Å². The fourth-order valence-electron chi connectivity index (χ4n) is 5.22. The van der Waals surface area contributed by atoms with Crippen LogP contribution in [0.2, 0.25) is 0 Å². The number of nitrogens with one attached hydrogen (secondary N) is 2. The molecular formula is C26H28N2O5. The van der Waals surface area contributed by atoms with Crippen LogP contribution in [0, 0.1) is 5.92 Å². The Balaban J connectivity index is 1.16. The second-order valence-electron chi connectivity index (χ2n) is 9.41.